The normalized spacial score (nSPS) is 10.8. The van der Waals surface area contributed by atoms with Crippen LogP contribution >= 0.6 is 0 Å². The second-order valence-corrected chi connectivity index (χ2v) is 6.03. The van der Waals surface area contributed by atoms with Gasteiger partial charge < -0.3 is 18.6 Å². The summed E-state index contributed by atoms with van der Waals surface area (Å²) < 4.78 is 45.7. The topological polar surface area (TPSA) is 70.8 Å². The number of esters is 1. The molecule has 0 unspecified atom stereocenters. The van der Waals surface area contributed by atoms with Crippen LogP contribution < -0.4 is 9.47 Å². The Morgan fingerprint density at radius 1 is 1.14 bits per heavy atom. The maximum Gasteiger partial charge on any atom is 0.387 e. The predicted molar refractivity (Wildman–Crippen MR) is 99.7 cm³/mol. The Labute approximate surface area is 166 Å². The van der Waals surface area contributed by atoms with Crippen LogP contribution in [0.25, 0.3) is 11.5 Å². The number of hydrogen-bond donors (Lipinski definition) is 0. The zero-order valence-corrected chi connectivity index (χ0v) is 15.6. The van der Waals surface area contributed by atoms with Crippen molar-refractivity contribution in [2.24, 2.45) is 0 Å². The summed E-state index contributed by atoms with van der Waals surface area (Å²) in [5, 5.41) is 0. The molecule has 0 N–H and O–H groups in total. The van der Waals surface area contributed by atoms with E-state index in [1.165, 1.54) is 25.5 Å². The van der Waals surface area contributed by atoms with Crippen molar-refractivity contribution in [3.05, 3.63) is 66.1 Å². The quantitative estimate of drug-likeness (QED) is 0.485. The van der Waals surface area contributed by atoms with Gasteiger partial charge in [0.1, 0.15) is 12.9 Å². The molecule has 2 aromatic carbocycles. The lowest BCUT2D eigenvalue weighted by Gasteiger charge is -2.13. The van der Waals surface area contributed by atoms with E-state index in [1.807, 2.05) is 30.3 Å². The Bertz CT molecular complexity index is 943. The highest BCUT2D eigenvalue weighted by Crippen LogP contribution is 2.34. The summed E-state index contributed by atoms with van der Waals surface area (Å²) >= 11 is 0. The second-order valence-electron chi connectivity index (χ2n) is 6.03. The lowest BCUT2D eigenvalue weighted by Crippen LogP contribution is -2.05. The fourth-order valence-corrected chi connectivity index (χ4v) is 2.57. The third-order valence-corrected chi connectivity index (χ3v) is 4.01. The molecule has 1 aromatic heterocycles. The molecular weight excluding hydrogens is 384 g/mol. The number of carbonyl (C=O) groups excluding carboxylic acids is 1. The Morgan fingerprint density at radius 2 is 1.93 bits per heavy atom. The van der Waals surface area contributed by atoms with E-state index in [-0.39, 0.29) is 36.4 Å². The number of alkyl halides is 2. The van der Waals surface area contributed by atoms with Gasteiger partial charge in [-0.25, -0.2) is 4.98 Å². The van der Waals surface area contributed by atoms with E-state index in [0.29, 0.717) is 17.7 Å². The van der Waals surface area contributed by atoms with Crippen LogP contribution in [0.4, 0.5) is 8.78 Å². The fourth-order valence-electron chi connectivity index (χ4n) is 2.57. The second kappa shape index (κ2) is 9.68. The number of methoxy groups -OCH3 is 1. The maximum absolute atomic E-state index is 12.7. The first-order chi connectivity index (χ1) is 14.0. The zero-order chi connectivity index (χ0) is 20.6. The first-order valence-corrected chi connectivity index (χ1v) is 8.82. The number of carbonyl (C=O) groups is 1. The average Bonchev–Trinajstić information content (AvgIpc) is 3.20. The van der Waals surface area contributed by atoms with Crippen molar-refractivity contribution in [2.45, 2.75) is 26.1 Å². The van der Waals surface area contributed by atoms with Gasteiger partial charge in [-0.1, -0.05) is 30.3 Å². The number of rotatable bonds is 9. The van der Waals surface area contributed by atoms with Crippen LogP contribution in [0.2, 0.25) is 0 Å². The number of aryl methyl sites for hydroxylation is 1. The molecule has 3 rings (SSSR count). The lowest BCUT2D eigenvalue weighted by molar-refractivity contribution is -0.140. The molecule has 0 amide bonds. The minimum atomic E-state index is -2.98. The molecule has 0 saturated carbocycles. The van der Waals surface area contributed by atoms with Gasteiger partial charge in [0.15, 0.2) is 11.5 Å². The van der Waals surface area contributed by atoms with Crippen LogP contribution in [0.3, 0.4) is 0 Å². The van der Waals surface area contributed by atoms with E-state index >= 15 is 0 Å². The number of nitrogens with zero attached hydrogens (tertiary/aromatic N) is 1. The summed E-state index contributed by atoms with van der Waals surface area (Å²) in [7, 11) is 1.32. The van der Waals surface area contributed by atoms with Crippen LogP contribution in [0, 0.1) is 0 Å². The van der Waals surface area contributed by atoms with Gasteiger partial charge in [-0.15, -0.1) is 0 Å². The van der Waals surface area contributed by atoms with E-state index in [1.54, 1.807) is 6.07 Å². The molecule has 29 heavy (non-hydrogen) atoms. The van der Waals surface area contributed by atoms with Crippen LogP contribution in [-0.2, 0) is 22.6 Å². The van der Waals surface area contributed by atoms with Gasteiger partial charge in [0.05, 0.1) is 19.2 Å². The monoisotopic (exact) mass is 403 g/mol. The highest BCUT2D eigenvalue weighted by atomic mass is 19.3. The summed E-state index contributed by atoms with van der Waals surface area (Å²) in [5.74, 6) is -0.0178. The fraction of sp³-hybridized carbons (Fsp3) is 0.238. The number of oxazole rings is 1. The molecule has 0 aliphatic heterocycles. The third kappa shape index (κ3) is 5.78. The van der Waals surface area contributed by atoms with Crippen molar-refractivity contribution in [1.82, 2.24) is 4.98 Å². The molecule has 0 atom stereocenters. The summed E-state index contributed by atoms with van der Waals surface area (Å²) in [6, 6.07) is 13.7. The van der Waals surface area contributed by atoms with Crippen molar-refractivity contribution in [3.63, 3.8) is 0 Å². The number of ether oxygens (including phenoxy) is 3. The molecule has 0 bridgehead atoms. The highest BCUT2D eigenvalue weighted by molar-refractivity contribution is 5.69. The predicted octanol–water partition coefficient (Wildman–Crippen LogP) is 4.63. The number of halogens is 2. The van der Waals surface area contributed by atoms with Crippen molar-refractivity contribution < 1.29 is 32.2 Å². The van der Waals surface area contributed by atoms with Crippen LogP contribution in [0.5, 0.6) is 11.5 Å². The average molecular weight is 403 g/mol. The first-order valence-electron chi connectivity index (χ1n) is 8.82. The van der Waals surface area contributed by atoms with E-state index in [9.17, 15) is 13.6 Å². The van der Waals surface area contributed by atoms with Gasteiger partial charge in [0, 0.05) is 12.0 Å². The van der Waals surface area contributed by atoms with Gasteiger partial charge in [-0.2, -0.15) is 8.78 Å². The van der Waals surface area contributed by atoms with Crippen LogP contribution in [-0.4, -0.2) is 24.7 Å². The molecule has 0 aliphatic rings. The maximum atomic E-state index is 12.7. The first kappa shape index (κ1) is 20.3. The molecule has 8 heteroatoms. The largest absolute Gasteiger partial charge is 0.485 e. The molecule has 0 saturated heterocycles. The molecule has 0 spiro atoms. The highest BCUT2D eigenvalue weighted by Gasteiger charge is 2.15. The van der Waals surface area contributed by atoms with Gasteiger partial charge in [0.25, 0.3) is 0 Å². The molecule has 152 valence electrons. The van der Waals surface area contributed by atoms with Crippen molar-refractivity contribution in [1.29, 1.82) is 0 Å². The summed E-state index contributed by atoms with van der Waals surface area (Å²) in [4.78, 5) is 15.6. The zero-order valence-electron chi connectivity index (χ0n) is 15.6. The van der Waals surface area contributed by atoms with E-state index in [0.717, 1.165) is 5.56 Å². The molecule has 1 heterocycles. The van der Waals surface area contributed by atoms with E-state index < -0.39 is 6.61 Å². The number of benzene rings is 2. The SMILES string of the molecule is COC(=O)CCc1coc(-c2ccc(OC(F)F)c(OCc3ccccc3)c2)n1. The number of hydrogen-bond acceptors (Lipinski definition) is 6. The standard InChI is InChI=1S/C21H19F2NO5/c1-26-19(25)10-8-16-13-28-20(24-16)15-7-9-17(29-21(22)23)18(11-15)27-12-14-5-3-2-4-6-14/h2-7,9,11,13,21H,8,10,12H2,1H3. The summed E-state index contributed by atoms with van der Waals surface area (Å²) in [6.07, 6.45) is 1.97. The van der Waals surface area contributed by atoms with Crippen LogP contribution in [0.1, 0.15) is 17.7 Å². The van der Waals surface area contributed by atoms with Gasteiger partial charge in [0.2, 0.25) is 5.89 Å². The smallest absolute Gasteiger partial charge is 0.387 e. The van der Waals surface area contributed by atoms with Gasteiger partial charge >= 0.3 is 12.6 Å². The number of aromatic nitrogens is 1. The van der Waals surface area contributed by atoms with Crippen molar-refractivity contribution in [3.8, 4) is 23.0 Å². The Hall–Kier alpha value is -3.42. The minimum absolute atomic E-state index is 0.0860. The van der Waals surface area contributed by atoms with Gasteiger partial charge in [-0.3, -0.25) is 4.79 Å². The minimum Gasteiger partial charge on any atom is -0.485 e. The van der Waals surface area contributed by atoms with Crippen molar-refractivity contribution >= 4 is 5.97 Å². The van der Waals surface area contributed by atoms with Gasteiger partial charge in [-0.05, 0) is 23.8 Å². The molecular formula is C21H19F2NO5. The van der Waals surface area contributed by atoms with E-state index in [4.69, 9.17) is 9.15 Å². The molecule has 0 fully saturated rings. The third-order valence-electron chi connectivity index (χ3n) is 4.01. The Morgan fingerprint density at radius 3 is 2.66 bits per heavy atom. The van der Waals surface area contributed by atoms with Crippen LogP contribution in [0.15, 0.2) is 59.2 Å². The molecule has 6 nitrogen and oxygen atoms in total. The Balaban J connectivity index is 1.79. The Kier molecular flexibility index (Phi) is 6.78. The summed E-state index contributed by atoms with van der Waals surface area (Å²) in [6.45, 7) is -2.80. The molecule has 0 radical (unpaired) electrons. The van der Waals surface area contributed by atoms with Crippen molar-refractivity contribution in [2.75, 3.05) is 7.11 Å². The molecule has 3 aromatic rings. The lowest BCUT2D eigenvalue weighted by atomic mass is 10.2. The van der Waals surface area contributed by atoms with E-state index in [2.05, 4.69) is 14.5 Å². The summed E-state index contributed by atoms with van der Waals surface area (Å²) in [5.41, 5.74) is 1.98. The molecule has 0 aliphatic carbocycles.